The van der Waals surface area contributed by atoms with Crippen LogP contribution in [0.3, 0.4) is 0 Å². The number of fused-ring (bicyclic) bond motifs is 3. The van der Waals surface area contributed by atoms with E-state index in [2.05, 4.69) is 23.8 Å². The zero-order valence-electron chi connectivity index (χ0n) is 15.5. The standard InChI is InChI=1S/C20H24FN3O2/c1-11(2)9-20(4,22)10-26-17-8-16-14(7-15(17)21)13-5-6-23-12(3)18(13)19(25)24-16/h5-8,11H,9-10,22H2,1-4H3,(H,24,25). The van der Waals surface area contributed by atoms with Gasteiger partial charge in [0.15, 0.2) is 11.6 Å². The summed E-state index contributed by atoms with van der Waals surface area (Å²) in [5.41, 5.74) is 6.55. The summed E-state index contributed by atoms with van der Waals surface area (Å²) >= 11 is 0. The molecule has 6 heteroatoms. The fourth-order valence-electron chi connectivity index (χ4n) is 3.49. The van der Waals surface area contributed by atoms with Crippen molar-refractivity contribution in [2.45, 2.75) is 39.7 Å². The average Bonchev–Trinajstić information content (AvgIpc) is 2.52. The molecule has 0 aliphatic heterocycles. The highest BCUT2D eigenvalue weighted by molar-refractivity contribution is 6.06. The summed E-state index contributed by atoms with van der Waals surface area (Å²) in [6.45, 7) is 7.99. The summed E-state index contributed by atoms with van der Waals surface area (Å²) < 4.78 is 20.3. The molecule has 0 fully saturated rings. The molecule has 3 N–H and O–H groups in total. The number of hydrogen-bond donors (Lipinski definition) is 2. The maximum Gasteiger partial charge on any atom is 0.258 e. The summed E-state index contributed by atoms with van der Waals surface area (Å²) in [4.78, 5) is 19.3. The number of halogens is 1. The highest BCUT2D eigenvalue weighted by Gasteiger charge is 2.22. The number of H-pyrrole nitrogens is 1. The molecule has 1 aromatic carbocycles. The van der Waals surface area contributed by atoms with E-state index in [1.54, 1.807) is 19.2 Å². The van der Waals surface area contributed by atoms with E-state index in [4.69, 9.17) is 10.5 Å². The molecule has 3 rings (SSSR count). The van der Waals surface area contributed by atoms with Crippen molar-refractivity contribution in [3.8, 4) is 5.75 Å². The number of ether oxygens (including phenoxy) is 1. The lowest BCUT2D eigenvalue weighted by Gasteiger charge is -2.26. The van der Waals surface area contributed by atoms with Crippen LogP contribution in [0, 0.1) is 18.7 Å². The van der Waals surface area contributed by atoms with E-state index in [1.807, 2.05) is 6.92 Å². The summed E-state index contributed by atoms with van der Waals surface area (Å²) in [7, 11) is 0. The zero-order chi connectivity index (χ0) is 19.1. The Labute approximate surface area is 151 Å². The molecule has 0 bridgehead atoms. The summed E-state index contributed by atoms with van der Waals surface area (Å²) in [5, 5.41) is 1.76. The molecule has 2 aromatic heterocycles. The normalized spacial score (nSPS) is 14.1. The van der Waals surface area contributed by atoms with Crippen molar-refractivity contribution in [1.82, 2.24) is 9.97 Å². The van der Waals surface area contributed by atoms with Crippen molar-refractivity contribution in [3.05, 3.63) is 46.3 Å². The molecular weight excluding hydrogens is 333 g/mol. The van der Waals surface area contributed by atoms with Gasteiger partial charge in [0.1, 0.15) is 6.61 Å². The molecule has 2 heterocycles. The molecular formula is C20H24FN3O2. The number of nitrogens with two attached hydrogens (primary N) is 1. The van der Waals surface area contributed by atoms with Crippen LogP contribution in [-0.4, -0.2) is 22.1 Å². The van der Waals surface area contributed by atoms with E-state index in [-0.39, 0.29) is 17.9 Å². The molecule has 1 atom stereocenters. The van der Waals surface area contributed by atoms with Crippen LogP contribution < -0.4 is 16.0 Å². The number of nitrogens with one attached hydrogen (secondary N) is 1. The number of hydrogen-bond acceptors (Lipinski definition) is 4. The number of rotatable bonds is 5. The molecule has 0 spiro atoms. The first kappa shape index (κ1) is 18.3. The van der Waals surface area contributed by atoms with Crippen LogP contribution in [-0.2, 0) is 0 Å². The van der Waals surface area contributed by atoms with Crippen LogP contribution in [0.5, 0.6) is 5.75 Å². The Hall–Kier alpha value is -2.47. The van der Waals surface area contributed by atoms with Gasteiger partial charge in [0.05, 0.1) is 16.6 Å². The first-order valence-corrected chi connectivity index (χ1v) is 8.70. The lowest BCUT2D eigenvalue weighted by Crippen LogP contribution is -2.43. The Balaban J connectivity index is 2.03. The third kappa shape index (κ3) is 3.55. The Kier molecular flexibility index (Phi) is 4.71. The number of nitrogens with zero attached hydrogens (tertiary/aromatic N) is 1. The van der Waals surface area contributed by atoms with E-state index in [0.717, 1.165) is 6.42 Å². The Morgan fingerprint density at radius 1 is 1.35 bits per heavy atom. The Bertz CT molecular complexity index is 1020. The van der Waals surface area contributed by atoms with E-state index >= 15 is 0 Å². The number of pyridine rings is 2. The number of aryl methyl sites for hydroxylation is 1. The first-order valence-electron chi connectivity index (χ1n) is 8.70. The van der Waals surface area contributed by atoms with Gasteiger partial charge >= 0.3 is 0 Å². The van der Waals surface area contributed by atoms with E-state index in [1.165, 1.54) is 12.1 Å². The van der Waals surface area contributed by atoms with Crippen molar-refractivity contribution in [1.29, 1.82) is 0 Å². The van der Waals surface area contributed by atoms with Crippen molar-refractivity contribution in [2.75, 3.05) is 6.61 Å². The smallest absolute Gasteiger partial charge is 0.258 e. The minimum Gasteiger partial charge on any atom is -0.489 e. The SMILES string of the molecule is Cc1nccc2c1c(=O)[nH]c1cc(OCC(C)(N)CC(C)C)c(F)cc12. The molecule has 0 saturated carbocycles. The predicted octanol–water partition coefficient (Wildman–Crippen LogP) is 3.67. The molecule has 26 heavy (non-hydrogen) atoms. The van der Waals surface area contributed by atoms with Crippen LogP contribution in [0.2, 0.25) is 0 Å². The topological polar surface area (TPSA) is 81.0 Å². The molecule has 5 nitrogen and oxygen atoms in total. The molecule has 1 unspecified atom stereocenters. The van der Waals surface area contributed by atoms with Gasteiger partial charge in [-0.05, 0) is 43.7 Å². The fourth-order valence-corrected chi connectivity index (χ4v) is 3.49. The first-order chi connectivity index (χ1) is 12.2. The second-order valence-electron chi connectivity index (χ2n) is 7.64. The fraction of sp³-hybridized carbons (Fsp3) is 0.400. The van der Waals surface area contributed by atoms with Crippen molar-refractivity contribution in [3.63, 3.8) is 0 Å². The maximum atomic E-state index is 14.6. The van der Waals surface area contributed by atoms with Gasteiger partial charge in [-0.2, -0.15) is 0 Å². The largest absolute Gasteiger partial charge is 0.489 e. The van der Waals surface area contributed by atoms with Gasteiger partial charge in [-0.3, -0.25) is 9.78 Å². The number of benzene rings is 1. The predicted molar refractivity (Wildman–Crippen MR) is 102 cm³/mol. The van der Waals surface area contributed by atoms with Crippen molar-refractivity contribution >= 4 is 21.7 Å². The number of aromatic nitrogens is 2. The van der Waals surface area contributed by atoms with Gasteiger partial charge in [0.2, 0.25) is 0 Å². The monoisotopic (exact) mass is 357 g/mol. The second kappa shape index (κ2) is 6.68. The van der Waals surface area contributed by atoms with Crippen molar-refractivity contribution in [2.24, 2.45) is 11.7 Å². The van der Waals surface area contributed by atoms with E-state index < -0.39 is 11.4 Å². The third-order valence-electron chi connectivity index (χ3n) is 4.41. The molecule has 0 aliphatic carbocycles. The molecule has 0 saturated heterocycles. The van der Waals surface area contributed by atoms with Crippen LogP contribution in [0.4, 0.5) is 4.39 Å². The van der Waals surface area contributed by atoms with Gasteiger partial charge < -0.3 is 15.5 Å². The van der Waals surface area contributed by atoms with E-state index in [0.29, 0.717) is 33.3 Å². The third-order valence-corrected chi connectivity index (χ3v) is 4.41. The minimum atomic E-state index is -0.560. The molecule has 0 radical (unpaired) electrons. The van der Waals surface area contributed by atoms with Crippen LogP contribution >= 0.6 is 0 Å². The lowest BCUT2D eigenvalue weighted by atomic mass is 9.93. The average molecular weight is 357 g/mol. The quantitative estimate of drug-likeness (QED) is 0.683. The van der Waals surface area contributed by atoms with Crippen LogP contribution in [0.15, 0.2) is 29.2 Å². The van der Waals surface area contributed by atoms with Gasteiger partial charge in [-0.15, -0.1) is 0 Å². The Morgan fingerprint density at radius 3 is 2.77 bits per heavy atom. The van der Waals surface area contributed by atoms with Gasteiger partial charge in [-0.1, -0.05) is 13.8 Å². The molecule has 0 amide bonds. The van der Waals surface area contributed by atoms with Crippen LogP contribution in [0.25, 0.3) is 21.7 Å². The minimum absolute atomic E-state index is 0.0821. The lowest BCUT2D eigenvalue weighted by molar-refractivity contribution is 0.200. The van der Waals surface area contributed by atoms with Gasteiger partial charge in [-0.25, -0.2) is 4.39 Å². The summed E-state index contributed by atoms with van der Waals surface area (Å²) in [5.74, 6) is 0.00832. The molecule has 138 valence electrons. The highest BCUT2D eigenvalue weighted by Crippen LogP contribution is 2.29. The second-order valence-corrected chi connectivity index (χ2v) is 7.64. The molecule has 3 aromatic rings. The van der Waals surface area contributed by atoms with Gasteiger partial charge in [0, 0.05) is 23.2 Å². The summed E-state index contributed by atoms with van der Waals surface area (Å²) in [6, 6.07) is 4.63. The Morgan fingerprint density at radius 2 is 2.08 bits per heavy atom. The maximum absolute atomic E-state index is 14.6. The summed E-state index contributed by atoms with van der Waals surface area (Å²) in [6.07, 6.45) is 2.38. The van der Waals surface area contributed by atoms with Crippen molar-refractivity contribution < 1.29 is 9.13 Å². The number of aromatic amines is 1. The van der Waals surface area contributed by atoms with Crippen LogP contribution in [0.1, 0.15) is 32.9 Å². The van der Waals surface area contributed by atoms with Gasteiger partial charge in [0.25, 0.3) is 5.56 Å². The highest BCUT2D eigenvalue weighted by atomic mass is 19.1. The molecule has 0 aliphatic rings. The zero-order valence-corrected chi connectivity index (χ0v) is 15.5. The van der Waals surface area contributed by atoms with E-state index in [9.17, 15) is 9.18 Å².